The topological polar surface area (TPSA) is 63.3 Å². The molecule has 0 aliphatic rings. The molecule has 4 heteroatoms. The summed E-state index contributed by atoms with van der Waals surface area (Å²) in [6.45, 7) is 8.35. The van der Waals surface area contributed by atoms with Crippen LogP contribution < -0.4 is 0 Å². The maximum Gasteiger partial charge on any atom is 0.375 e. The molecule has 0 bridgehead atoms. The number of carboxylic acid groups (broad SMARTS) is 1. The molecule has 0 fully saturated rings. The Morgan fingerprint density at radius 2 is 1.85 bits per heavy atom. The summed E-state index contributed by atoms with van der Waals surface area (Å²) >= 11 is 0. The van der Waals surface area contributed by atoms with Crippen molar-refractivity contribution in [3.05, 3.63) is 41.2 Å². The number of hydrogen-bond donors (Lipinski definition) is 1. The summed E-state index contributed by atoms with van der Waals surface area (Å²) in [5.74, 6) is -1.14. The molecule has 4 nitrogen and oxygen atoms in total. The molecular weight excluding hydrogens is 254 g/mol. The summed E-state index contributed by atoms with van der Waals surface area (Å²) in [5, 5.41) is 13.0. The summed E-state index contributed by atoms with van der Waals surface area (Å²) in [7, 11) is 0. The minimum atomic E-state index is -1.08. The zero-order valence-corrected chi connectivity index (χ0v) is 12.2. The van der Waals surface area contributed by atoms with E-state index in [1.807, 2.05) is 31.2 Å². The van der Waals surface area contributed by atoms with Crippen LogP contribution in [0.2, 0.25) is 0 Å². The Hall–Kier alpha value is -2.10. The van der Waals surface area contributed by atoms with Crippen LogP contribution in [-0.4, -0.2) is 16.2 Å². The smallest absolute Gasteiger partial charge is 0.375 e. The van der Waals surface area contributed by atoms with Crippen molar-refractivity contribution in [1.29, 1.82) is 0 Å². The van der Waals surface area contributed by atoms with Crippen molar-refractivity contribution in [3.63, 3.8) is 0 Å². The Morgan fingerprint density at radius 3 is 2.30 bits per heavy atom. The van der Waals surface area contributed by atoms with Gasteiger partial charge in [-0.05, 0) is 17.4 Å². The Balaban J connectivity index is 2.45. The van der Waals surface area contributed by atoms with Crippen LogP contribution in [0.3, 0.4) is 0 Å². The molecule has 0 saturated heterocycles. The molecule has 1 aromatic heterocycles. The molecule has 0 saturated carbocycles. The third kappa shape index (κ3) is 2.59. The van der Waals surface area contributed by atoms with Gasteiger partial charge in [-0.2, -0.15) is 0 Å². The van der Waals surface area contributed by atoms with Gasteiger partial charge in [0.15, 0.2) is 0 Å². The molecule has 2 aromatic rings. The highest BCUT2D eigenvalue weighted by atomic mass is 16.5. The van der Waals surface area contributed by atoms with E-state index in [0.29, 0.717) is 17.7 Å². The molecular formula is C16H19NO3. The minimum Gasteiger partial charge on any atom is -0.475 e. The van der Waals surface area contributed by atoms with Gasteiger partial charge in [0, 0.05) is 11.1 Å². The minimum absolute atomic E-state index is 0.0672. The van der Waals surface area contributed by atoms with E-state index in [2.05, 4.69) is 25.9 Å². The number of carbonyl (C=O) groups is 1. The van der Waals surface area contributed by atoms with Crippen molar-refractivity contribution >= 4 is 5.97 Å². The second-order valence-corrected chi connectivity index (χ2v) is 5.82. The van der Waals surface area contributed by atoms with E-state index in [-0.39, 0.29) is 11.2 Å². The fourth-order valence-electron chi connectivity index (χ4n) is 2.16. The van der Waals surface area contributed by atoms with Crippen molar-refractivity contribution in [3.8, 4) is 11.3 Å². The number of carboxylic acids is 1. The van der Waals surface area contributed by atoms with Crippen LogP contribution in [0.15, 0.2) is 28.8 Å². The first-order valence-corrected chi connectivity index (χ1v) is 6.67. The lowest BCUT2D eigenvalue weighted by Gasteiger charge is -2.18. The van der Waals surface area contributed by atoms with Crippen LogP contribution in [0.25, 0.3) is 11.3 Å². The Morgan fingerprint density at radius 1 is 1.25 bits per heavy atom. The van der Waals surface area contributed by atoms with Gasteiger partial charge >= 0.3 is 5.97 Å². The molecule has 0 atom stereocenters. The SMILES string of the molecule is CCc1c(-c2ccc(C(C)(C)C)cc2)noc1C(=O)O. The van der Waals surface area contributed by atoms with E-state index in [4.69, 9.17) is 9.63 Å². The predicted octanol–water partition coefficient (Wildman–Crippen LogP) is 3.90. The fourth-order valence-corrected chi connectivity index (χ4v) is 2.16. The van der Waals surface area contributed by atoms with Crippen molar-refractivity contribution in [2.75, 3.05) is 0 Å². The van der Waals surface area contributed by atoms with Crippen molar-refractivity contribution < 1.29 is 14.4 Å². The average molecular weight is 273 g/mol. The average Bonchev–Trinajstić information content (AvgIpc) is 2.81. The van der Waals surface area contributed by atoms with Gasteiger partial charge in [0.1, 0.15) is 5.69 Å². The van der Waals surface area contributed by atoms with Gasteiger partial charge in [-0.3, -0.25) is 0 Å². The maximum absolute atomic E-state index is 11.1. The summed E-state index contributed by atoms with van der Waals surface area (Å²) in [6.07, 6.45) is 0.571. The van der Waals surface area contributed by atoms with Crippen LogP contribution in [0.4, 0.5) is 0 Å². The Bertz CT molecular complexity index is 618. The van der Waals surface area contributed by atoms with Gasteiger partial charge in [-0.15, -0.1) is 0 Å². The lowest BCUT2D eigenvalue weighted by Crippen LogP contribution is -2.10. The fraction of sp³-hybridized carbons (Fsp3) is 0.375. The number of aromatic carboxylic acids is 1. The largest absolute Gasteiger partial charge is 0.475 e. The summed E-state index contributed by atoms with van der Waals surface area (Å²) in [5.41, 5.74) is 3.45. The molecule has 106 valence electrons. The third-order valence-corrected chi connectivity index (χ3v) is 3.36. The number of hydrogen-bond acceptors (Lipinski definition) is 3. The first kappa shape index (κ1) is 14.3. The van der Waals surface area contributed by atoms with E-state index in [1.54, 1.807) is 0 Å². The highest BCUT2D eigenvalue weighted by Gasteiger charge is 2.21. The number of rotatable bonds is 3. The van der Waals surface area contributed by atoms with E-state index < -0.39 is 5.97 Å². The molecule has 1 aromatic carbocycles. The van der Waals surface area contributed by atoms with Gasteiger partial charge in [0.05, 0.1) is 0 Å². The zero-order valence-electron chi connectivity index (χ0n) is 12.2. The van der Waals surface area contributed by atoms with Crippen LogP contribution in [0.1, 0.15) is 49.4 Å². The van der Waals surface area contributed by atoms with E-state index in [0.717, 1.165) is 5.56 Å². The highest BCUT2D eigenvalue weighted by molar-refractivity contribution is 5.88. The summed E-state index contributed by atoms with van der Waals surface area (Å²) in [6, 6.07) is 8.01. The quantitative estimate of drug-likeness (QED) is 0.921. The first-order chi connectivity index (χ1) is 9.34. The van der Waals surface area contributed by atoms with Crippen LogP contribution >= 0.6 is 0 Å². The summed E-state index contributed by atoms with van der Waals surface area (Å²) in [4.78, 5) is 11.1. The van der Waals surface area contributed by atoms with E-state index >= 15 is 0 Å². The Kier molecular flexibility index (Phi) is 3.66. The van der Waals surface area contributed by atoms with E-state index in [1.165, 1.54) is 5.56 Å². The predicted molar refractivity (Wildman–Crippen MR) is 77.0 cm³/mol. The molecule has 0 spiro atoms. The lowest BCUT2D eigenvalue weighted by atomic mass is 9.86. The number of aromatic nitrogens is 1. The van der Waals surface area contributed by atoms with Crippen molar-refractivity contribution in [2.24, 2.45) is 0 Å². The number of benzene rings is 1. The second-order valence-electron chi connectivity index (χ2n) is 5.82. The normalized spacial score (nSPS) is 11.6. The van der Waals surface area contributed by atoms with E-state index in [9.17, 15) is 4.79 Å². The maximum atomic E-state index is 11.1. The monoisotopic (exact) mass is 273 g/mol. The lowest BCUT2D eigenvalue weighted by molar-refractivity contribution is 0.0650. The standard InChI is InChI=1S/C16H19NO3/c1-5-12-13(17-20-14(12)15(18)19)10-6-8-11(9-7-10)16(2,3)4/h6-9H,5H2,1-4H3,(H,18,19). The molecule has 0 aliphatic carbocycles. The molecule has 1 heterocycles. The highest BCUT2D eigenvalue weighted by Crippen LogP contribution is 2.29. The first-order valence-electron chi connectivity index (χ1n) is 6.67. The van der Waals surface area contributed by atoms with Crippen molar-refractivity contribution in [1.82, 2.24) is 5.16 Å². The van der Waals surface area contributed by atoms with Crippen LogP contribution in [0.5, 0.6) is 0 Å². The molecule has 1 N–H and O–H groups in total. The molecule has 0 radical (unpaired) electrons. The van der Waals surface area contributed by atoms with Gasteiger partial charge in [0.25, 0.3) is 0 Å². The number of nitrogens with zero attached hydrogens (tertiary/aromatic N) is 1. The third-order valence-electron chi connectivity index (χ3n) is 3.36. The van der Waals surface area contributed by atoms with Gasteiger partial charge in [-0.1, -0.05) is 57.1 Å². The molecule has 0 aliphatic heterocycles. The molecule has 0 unspecified atom stereocenters. The van der Waals surface area contributed by atoms with Gasteiger partial charge in [-0.25, -0.2) is 4.79 Å². The van der Waals surface area contributed by atoms with Gasteiger partial charge in [0.2, 0.25) is 5.76 Å². The molecule has 0 amide bonds. The Labute approximate surface area is 118 Å². The van der Waals surface area contributed by atoms with Crippen molar-refractivity contribution in [2.45, 2.75) is 39.5 Å². The van der Waals surface area contributed by atoms with Crippen LogP contribution in [-0.2, 0) is 11.8 Å². The van der Waals surface area contributed by atoms with Crippen LogP contribution in [0, 0.1) is 0 Å². The molecule has 20 heavy (non-hydrogen) atoms. The van der Waals surface area contributed by atoms with Gasteiger partial charge < -0.3 is 9.63 Å². The zero-order chi connectivity index (χ0) is 14.9. The second kappa shape index (κ2) is 5.12. The summed E-state index contributed by atoms with van der Waals surface area (Å²) < 4.78 is 4.95. The molecule has 2 rings (SSSR count).